The average Bonchev–Trinajstić information content (AvgIpc) is 3.22. The van der Waals surface area contributed by atoms with Crippen molar-refractivity contribution in [2.75, 3.05) is 43.6 Å². The van der Waals surface area contributed by atoms with E-state index in [1.165, 1.54) is 30.3 Å². The summed E-state index contributed by atoms with van der Waals surface area (Å²) in [4.78, 5) is 16.7. The molecule has 0 bridgehead atoms. The van der Waals surface area contributed by atoms with Gasteiger partial charge in [-0.1, -0.05) is 13.0 Å². The van der Waals surface area contributed by atoms with Crippen LogP contribution in [-0.4, -0.2) is 63.4 Å². The summed E-state index contributed by atoms with van der Waals surface area (Å²) in [5, 5.41) is 1.67. The molecule has 146 valence electrons. The second-order valence-electron chi connectivity index (χ2n) is 6.24. The number of carbonyl (C=O) groups excluding carboxylic acids is 1. The van der Waals surface area contributed by atoms with Crippen LogP contribution in [0, 0.1) is 5.82 Å². The molecule has 1 saturated heterocycles. The van der Waals surface area contributed by atoms with Crippen LogP contribution in [0.15, 0.2) is 46.0 Å². The largest absolute Gasteiger partial charge is 0.339 e. The lowest BCUT2D eigenvalue weighted by Crippen LogP contribution is -2.51. The van der Waals surface area contributed by atoms with Crippen LogP contribution in [0.2, 0.25) is 0 Å². The smallest absolute Gasteiger partial charge is 0.274 e. The van der Waals surface area contributed by atoms with Gasteiger partial charge >= 0.3 is 0 Å². The Morgan fingerprint density at radius 1 is 1.15 bits per heavy atom. The molecule has 0 saturated carbocycles. The third-order valence-electron chi connectivity index (χ3n) is 4.61. The first kappa shape index (κ1) is 19.8. The van der Waals surface area contributed by atoms with Crippen molar-refractivity contribution in [3.8, 4) is 0 Å². The van der Waals surface area contributed by atoms with Gasteiger partial charge in [0.1, 0.15) is 16.6 Å². The number of amides is 1. The first-order valence-electron chi connectivity index (χ1n) is 8.73. The zero-order valence-corrected chi connectivity index (χ0v) is 16.7. The van der Waals surface area contributed by atoms with Crippen LogP contribution in [-0.2, 0) is 14.8 Å². The van der Waals surface area contributed by atoms with Gasteiger partial charge in [-0.05, 0) is 42.3 Å². The molecule has 1 amide bonds. The molecule has 0 atom stereocenters. The third-order valence-corrected chi connectivity index (χ3v) is 7.75. The van der Waals surface area contributed by atoms with Crippen molar-refractivity contribution in [1.82, 2.24) is 9.80 Å². The molecule has 0 N–H and O–H groups in total. The van der Waals surface area contributed by atoms with Crippen LogP contribution in [0.4, 0.5) is 10.1 Å². The Labute approximate surface area is 162 Å². The van der Waals surface area contributed by atoms with Gasteiger partial charge in [0, 0.05) is 26.2 Å². The van der Waals surface area contributed by atoms with E-state index in [0.717, 1.165) is 35.3 Å². The van der Waals surface area contributed by atoms with Crippen molar-refractivity contribution in [2.45, 2.75) is 11.1 Å². The molecule has 27 heavy (non-hydrogen) atoms. The fraction of sp³-hybridized carbons (Fsp3) is 0.389. The van der Waals surface area contributed by atoms with Crippen LogP contribution in [0.25, 0.3) is 0 Å². The highest BCUT2D eigenvalue weighted by atomic mass is 32.2. The molecule has 1 aliphatic heterocycles. The first-order chi connectivity index (χ1) is 12.9. The molecule has 1 aromatic heterocycles. The van der Waals surface area contributed by atoms with E-state index >= 15 is 0 Å². The quantitative estimate of drug-likeness (QED) is 0.732. The maximum Gasteiger partial charge on any atom is 0.274 e. The normalized spacial score (nSPS) is 15.7. The van der Waals surface area contributed by atoms with Gasteiger partial charge in [0.15, 0.2) is 0 Å². The summed E-state index contributed by atoms with van der Waals surface area (Å²) in [5.41, 5.74) is 0.269. The summed E-state index contributed by atoms with van der Waals surface area (Å²) in [6, 6.07) is 8.28. The van der Waals surface area contributed by atoms with Crippen LogP contribution >= 0.6 is 11.3 Å². The Morgan fingerprint density at radius 2 is 1.81 bits per heavy atom. The van der Waals surface area contributed by atoms with Crippen molar-refractivity contribution >= 4 is 33.0 Å². The number of sulfonamides is 1. The van der Waals surface area contributed by atoms with Crippen molar-refractivity contribution < 1.29 is 17.6 Å². The van der Waals surface area contributed by atoms with E-state index in [4.69, 9.17) is 0 Å². The summed E-state index contributed by atoms with van der Waals surface area (Å²) in [7, 11) is -3.90. The lowest BCUT2D eigenvalue weighted by atomic mass is 10.3. The predicted molar refractivity (Wildman–Crippen MR) is 104 cm³/mol. The van der Waals surface area contributed by atoms with E-state index in [1.54, 1.807) is 16.3 Å². The minimum Gasteiger partial charge on any atom is -0.339 e. The maximum atomic E-state index is 13.3. The molecule has 1 aromatic carbocycles. The highest BCUT2D eigenvalue weighted by molar-refractivity contribution is 7.94. The van der Waals surface area contributed by atoms with Gasteiger partial charge < -0.3 is 9.80 Å². The number of likely N-dealkylation sites (N-methyl/N-ethyl adjacent to an activating group) is 1. The third kappa shape index (κ3) is 4.48. The van der Waals surface area contributed by atoms with Crippen molar-refractivity contribution in [1.29, 1.82) is 0 Å². The maximum absolute atomic E-state index is 13.3. The van der Waals surface area contributed by atoms with Gasteiger partial charge in [0.2, 0.25) is 5.91 Å². The molecule has 1 aliphatic rings. The summed E-state index contributed by atoms with van der Waals surface area (Å²) in [6.07, 6.45) is 0. The molecule has 9 heteroatoms. The van der Waals surface area contributed by atoms with Gasteiger partial charge in [-0.15, -0.1) is 11.3 Å². The fourth-order valence-corrected chi connectivity index (χ4v) is 5.50. The molecule has 2 aromatic rings. The summed E-state index contributed by atoms with van der Waals surface area (Å²) >= 11 is 1.09. The molecule has 0 aliphatic carbocycles. The molecule has 6 nitrogen and oxygen atoms in total. The highest BCUT2D eigenvalue weighted by Gasteiger charge is 2.30. The molecule has 3 rings (SSSR count). The Morgan fingerprint density at radius 3 is 2.37 bits per heavy atom. The van der Waals surface area contributed by atoms with E-state index in [2.05, 4.69) is 11.8 Å². The minimum atomic E-state index is -3.90. The van der Waals surface area contributed by atoms with E-state index < -0.39 is 15.8 Å². The number of rotatable bonds is 6. The van der Waals surface area contributed by atoms with Crippen molar-refractivity contribution in [3.63, 3.8) is 0 Å². The average molecular weight is 412 g/mol. The second kappa shape index (κ2) is 8.37. The van der Waals surface area contributed by atoms with E-state index in [1.807, 2.05) is 0 Å². The predicted octanol–water partition coefficient (Wildman–Crippen LogP) is 2.25. The number of halogens is 1. The number of hydrogen-bond acceptors (Lipinski definition) is 5. The van der Waals surface area contributed by atoms with Gasteiger partial charge in [-0.3, -0.25) is 9.10 Å². The topological polar surface area (TPSA) is 60.9 Å². The van der Waals surface area contributed by atoms with Gasteiger partial charge in [-0.2, -0.15) is 0 Å². The van der Waals surface area contributed by atoms with Gasteiger partial charge in [0.25, 0.3) is 10.0 Å². The number of carbonyl (C=O) groups is 1. The van der Waals surface area contributed by atoms with E-state index in [9.17, 15) is 17.6 Å². The standard InChI is InChI=1S/C18H22FN3O3S2/c1-2-20-9-11-21(12-10-20)17(23)14-22(16-7-5-15(19)6-8-16)27(24,25)18-4-3-13-26-18/h3-8,13H,2,9-12,14H2,1H3. The number of benzene rings is 1. The molecule has 0 radical (unpaired) electrons. The fourth-order valence-electron chi connectivity index (χ4n) is 2.98. The number of anilines is 1. The zero-order valence-electron chi connectivity index (χ0n) is 15.0. The van der Waals surface area contributed by atoms with Crippen LogP contribution in [0.1, 0.15) is 6.92 Å². The number of nitrogens with zero attached hydrogens (tertiary/aromatic N) is 3. The van der Waals surface area contributed by atoms with Crippen molar-refractivity contribution in [2.24, 2.45) is 0 Å². The van der Waals surface area contributed by atoms with Crippen LogP contribution < -0.4 is 4.31 Å². The number of thiophene rings is 1. The number of piperazine rings is 1. The molecule has 0 unspecified atom stereocenters. The highest BCUT2D eigenvalue weighted by Crippen LogP contribution is 2.27. The van der Waals surface area contributed by atoms with E-state index in [-0.39, 0.29) is 22.3 Å². The lowest BCUT2D eigenvalue weighted by Gasteiger charge is -2.35. The second-order valence-corrected chi connectivity index (χ2v) is 9.27. The summed E-state index contributed by atoms with van der Waals surface area (Å²) in [5.74, 6) is -0.718. The van der Waals surface area contributed by atoms with Gasteiger partial charge in [0.05, 0.1) is 5.69 Å². The zero-order chi connectivity index (χ0) is 19.4. The molecule has 1 fully saturated rings. The molecular weight excluding hydrogens is 389 g/mol. The Kier molecular flexibility index (Phi) is 6.13. The summed E-state index contributed by atoms with van der Waals surface area (Å²) < 4.78 is 40.6. The molecule has 0 spiro atoms. The van der Waals surface area contributed by atoms with Gasteiger partial charge in [-0.25, -0.2) is 12.8 Å². The van der Waals surface area contributed by atoms with E-state index in [0.29, 0.717) is 13.1 Å². The SMILES string of the molecule is CCN1CCN(C(=O)CN(c2ccc(F)cc2)S(=O)(=O)c2cccs2)CC1. The number of hydrogen-bond donors (Lipinski definition) is 0. The first-order valence-corrected chi connectivity index (χ1v) is 11.1. The Balaban J connectivity index is 1.84. The van der Waals surface area contributed by atoms with Crippen LogP contribution in [0.5, 0.6) is 0 Å². The van der Waals surface area contributed by atoms with Crippen molar-refractivity contribution in [3.05, 3.63) is 47.6 Å². The Hall–Kier alpha value is -1.97. The minimum absolute atomic E-state index is 0.149. The molecular formula is C18H22FN3O3S2. The summed E-state index contributed by atoms with van der Waals surface area (Å²) in [6.45, 7) is 5.38. The Bertz CT molecular complexity index is 862. The monoisotopic (exact) mass is 411 g/mol. The molecule has 2 heterocycles. The lowest BCUT2D eigenvalue weighted by molar-refractivity contribution is -0.131. The van der Waals surface area contributed by atoms with Crippen LogP contribution in [0.3, 0.4) is 0 Å².